The molecule has 4 heterocycles. The summed E-state index contributed by atoms with van der Waals surface area (Å²) < 4.78 is 42.6. The standard InChI is InChI=1S/C30H34F3N9/c1-39(2)17-21-11-22(13-24(12-21)30(31,32)33)18-40-7-9-41(10-8-40)25-14-29(15-25,4-5-34)42-19-23(16-38-42)27-26-3-6-35-28(26)37-20-36-27/h3,6,11-13,16,19-20,25H,4,7-10,14-15,17-18H2,1-2H3,(H,35,36,37). The highest BCUT2D eigenvalue weighted by atomic mass is 19.4. The van der Waals surface area contributed by atoms with Gasteiger partial charge in [-0.25, -0.2) is 9.97 Å². The van der Waals surface area contributed by atoms with Gasteiger partial charge in [-0.1, -0.05) is 6.07 Å². The second-order valence-electron chi connectivity index (χ2n) is 11.8. The molecule has 42 heavy (non-hydrogen) atoms. The molecule has 0 bridgehead atoms. The summed E-state index contributed by atoms with van der Waals surface area (Å²) >= 11 is 0. The summed E-state index contributed by atoms with van der Waals surface area (Å²) in [5.41, 5.74) is 2.88. The zero-order valence-corrected chi connectivity index (χ0v) is 23.8. The summed E-state index contributed by atoms with van der Waals surface area (Å²) in [4.78, 5) is 18.4. The summed E-state index contributed by atoms with van der Waals surface area (Å²) in [6.07, 6.45) is 4.82. The molecule has 1 saturated heterocycles. The number of rotatable bonds is 8. The van der Waals surface area contributed by atoms with E-state index in [4.69, 9.17) is 0 Å². The Bertz CT molecular complexity index is 1590. The molecule has 1 aliphatic carbocycles. The first-order valence-corrected chi connectivity index (χ1v) is 14.2. The molecule has 1 N–H and O–H groups in total. The van der Waals surface area contributed by atoms with Gasteiger partial charge in [-0.2, -0.15) is 23.5 Å². The van der Waals surface area contributed by atoms with Gasteiger partial charge in [-0.3, -0.25) is 14.5 Å². The molecule has 9 nitrogen and oxygen atoms in total. The lowest BCUT2D eigenvalue weighted by molar-refractivity contribution is -0.137. The highest BCUT2D eigenvalue weighted by Gasteiger charge is 2.49. The zero-order chi connectivity index (χ0) is 29.5. The largest absolute Gasteiger partial charge is 0.416 e. The van der Waals surface area contributed by atoms with Gasteiger partial charge in [0.15, 0.2) is 0 Å². The van der Waals surface area contributed by atoms with Crippen LogP contribution in [0.25, 0.3) is 22.3 Å². The van der Waals surface area contributed by atoms with Crippen molar-refractivity contribution < 1.29 is 13.2 Å². The van der Waals surface area contributed by atoms with Crippen LogP contribution < -0.4 is 0 Å². The summed E-state index contributed by atoms with van der Waals surface area (Å²) in [5.74, 6) is 0. The minimum Gasteiger partial charge on any atom is -0.346 e. The third kappa shape index (κ3) is 5.64. The van der Waals surface area contributed by atoms with Crippen LogP contribution in [0.3, 0.4) is 0 Å². The van der Waals surface area contributed by atoms with Crippen LogP contribution in [0.1, 0.15) is 36.0 Å². The number of halogens is 3. The molecule has 0 spiro atoms. The summed E-state index contributed by atoms with van der Waals surface area (Å²) in [6.45, 7) is 4.21. The maximum atomic E-state index is 13.6. The van der Waals surface area contributed by atoms with E-state index >= 15 is 0 Å². The van der Waals surface area contributed by atoms with Gasteiger partial charge in [0.05, 0.1) is 35.5 Å². The lowest BCUT2D eigenvalue weighted by Crippen LogP contribution is -2.60. The van der Waals surface area contributed by atoms with E-state index in [1.807, 2.05) is 48.2 Å². The fourth-order valence-corrected chi connectivity index (χ4v) is 6.46. The molecule has 4 aromatic rings. The predicted octanol–water partition coefficient (Wildman–Crippen LogP) is 4.49. The van der Waals surface area contributed by atoms with E-state index in [2.05, 4.69) is 35.9 Å². The van der Waals surface area contributed by atoms with E-state index in [0.717, 1.165) is 61.3 Å². The maximum Gasteiger partial charge on any atom is 0.416 e. The van der Waals surface area contributed by atoms with Crippen LogP contribution in [0.2, 0.25) is 0 Å². The van der Waals surface area contributed by atoms with Gasteiger partial charge >= 0.3 is 6.18 Å². The first-order valence-electron chi connectivity index (χ1n) is 14.2. The molecule has 1 aliphatic heterocycles. The van der Waals surface area contributed by atoms with Crippen LogP contribution in [0.5, 0.6) is 0 Å². The molecule has 1 aromatic carbocycles. The molecular weight excluding hydrogens is 543 g/mol. The number of H-pyrrole nitrogens is 1. The van der Waals surface area contributed by atoms with Crippen molar-refractivity contribution in [3.05, 3.63) is 65.9 Å². The van der Waals surface area contributed by atoms with Crippen molar-refractivity contribution >= 4 is 11.0 Å². The van der Waals surface area contributed by atoms with Crippen LogP contribution in [0.15, 0.2) is 49.2 Å². The Balaban J connectivity index is 1.09. The number of alkyl halides is 3. The van der Waals surface area contributed by atoms with E-state index in [1.165, 1.54) is 18.5 Å². The molecule has 0 unspecified atom stereocenters. The van der Waals surface area contributed by atoms with Crippen molar-refractivity contribution in [3.8, 4) is 17.3 Å². The Kier molecular flexibility index (Phi) is 7.51. The number of nitrogens with one attached hydrogen (secondary N) is 1. The van der Waals surface area contributed by atoms with Crippen LogP contribution >= 0.6 is 0 Å². The van der Waals surface area contributed by atoms with Crippen LogP contribution in [0, 0.1) is 11.3 Å². The van der Waals surface area contributed by atoms with Gasteiger partial charge < -0.3 is 9.88 Å². The van der Waals surface area contributed by atoms with Crippen molar-refractivity contribution in [1.82, 2.24) is 39.4 Å². The van der Waals surface area contributed by atoms with Crippen LogP contribution in [-0.2, 0) is 24.8 Å². The monoisotopic (exact) mass is 577 g/mol. The molecule has 12 heteroatoms. The summed E-state index contributed by atoms with van der Waals surface area (Å²) in [5, 5.41) is 15.3. The first-order chi connectivity index (χ1) is 20.1. The van der Waals surface area contributed by atoms with Gasteiger partial charge in [0.1, 0.15) is 12.0 Å². The molecule has 0 radical (unpaired) electrons. The van der Waals surface area contributed by atoms with Crippen LogP contribution in [-0.4, -0.2) is 85.7 Å². The average Bonchev–Trinajstić information content (AvgIpc) is 3.60. The highest BCUT2D eigenvalue weighted by molar-refractivity contribution is 5.90. The SMILES string of the molecule is CN(C)Cc1cc(CN2CCN(C3CC(CC#N)(n4cc(-c5ncnc6[nH]ccc56)cn4)C3)CC2)cc(C(F)(F)F)c1. The van der Waals surface area contributed by atoms with E-state index in [1.54, 1.807) is 6.20 Å². The van der Waals surface area contributed by atoms with Crippen molar-refractivity contribution in [1.29, 1.82) is 5.26 Å². The molecule has 220 valence electrons. The summed E-state index contributed by atoms with van der Waals surface area (Å²) in [6, 6.07) is 9.09. The number of nitriles is 1. The fraction of sp³-hybridized carbons (Fsp3) is 0.467. The maximum absolute atomic E-state index is 13.6. The highest BCUT2D eigenvalue weighted by Crippen LogP contribution is 2.45. The van der Waals surface area contributed by atoms with Crippen molar-refractivity contribution in [2.24, 2.45) is 0 Å². The van der Waals surface area contributed by atoms with E-state index in [-0.39, 0.29) is 5.54 Å². The Morgan fingerprint density at radius 1 is 1.10 bits per heavy atom. The third-order valence-electron chi connectivity index (χ3n) is 8.54. The normalized spacial score (nSPS) is 22.0. The Labute approximate surface area is 242 Å². The Morgan fingerprint density at radius 3 is 2.57 bits per heavy atom. The zero-order valence-electron chi connectivity index (χ0n) is 23.8. The van der Waals surface area contributed by atoms with Crippen LogP contribution in [0.4, 0.5) is 13.2 Å². The van der Waals surface area contributed by atoms with Gasteiger partial charge in [0.25, 0.3) is 0 Å². The van der Waals surface area contributed by atoms with Crippen molar-refractivity contribution in [3.63, 3.8) is 0 Å². The molecule has 2 fully saturated rings. The number of aromatic amines is 1. The average molecular weight is 578 g/mol. The number of hydrogen-bond acceptors (Lipinski definition) is 7. The minimum atomic E-state index is -4.37. The summed E-state index contributed by atoms with van der Waals surface area (Å²) in [7, 11) is 3.71. The van der Waals surface area contributed by atoms with E-state index < -0.39 is 11.7 Å². The quantitative estimate of drug-likeness (QED) is 0.330. The molecule has 0 atom stereocenters. The minimum absolute atomic E-state index is 0.337. The third-order valence-corrected chi connectivity index (χ3v) is 8.54. The smallest absolute Gasteiger partial charge is 0.346 e. The number of hydrogen-bond donors (Lipinski definition) is 1. The van der Waals surface area contributed by atoms with E-state index in [9.17, 15) is 18.4 Å². The Morgan fingerprint density at radius 2 is 1.86 bits per heavy atom. The second kappa shape index (κ2) is 11.1. The molecule has 1 saturated carbocycles. The fourth-order valence-electron chi connectivity index (χ4n) is 6.46. The molecule has 2 aliphatic rings. The molecule has 0 amide bonds. The van der Waals surface area contributed by atoms with E-state index in [0.29, 0.717) is 36.7 Å². The second-order valence-corrected chi connectivity index (χ2v) is 11.8. The number of benzene rings is 1. The predicted molar refractivity (Wildman–Crippen MR) is 152 cm³/mol. The lowest BCUT2D eigenvalue weighted by Gasteiger charge is -2.52. The Hall–Kier alpha value is -3.79. The van der Waals surface area contributed by atoms with Crippen molar-refractivity contribution in [2.75, 3.05) is 40.3 Å². The van der Waals surface area contributed by atoms with Crippen molar-refractivity contribution in [2.45, 2.75) is 50.1 Å². The number of fused-ring (bicyclic) bond motifs is 1. The number of aromatic nitrogens is 5. The topological polar surface area (TPSA) is 92.9 Å². The van der Waals surface area contributed by atoms with Gasteiger partial charge in [-0.05, 0) is 56.3 Å². The molecule has 3 aromatic heterocycles. The first kappa shape index (κ1) is 28.3. The molecular formula is C30H34F3N9. The molecule has 6 rings (SSSR count). The van der Waals surface area contributed by atoms with Gasteiger partial charge in [0, 0.05) is 68.7 Å². The van der Waals surface area contributed by atoms with Gasteiger partial charge in [0.2, 0.25) is 0 Å². The lowest BCUT2D eigenvalue weighted by atomic mass is 9.70. The number of piperazine rings is 1. The number of nitrogens with zero attached hydrogens (tertiary/aromatic N) is 8. The van der Waals surface area contributed by atoms with Gasteiger partial charge in [-0.15, -0.1) is 0 Å².